The summed E-state index contributed by atoms with van der Waals surface area (Å²) in [4.78, 5) is 4.30. The van der Waals surface area contributed by atoms with Gasteiger partial charge >= 0.3 is 0 Å². The van der Waals surface area contributed by atoms with Gasteiger partial charge < -0.3 is 15.2 Å². The van der Waals surface area contributed by atoms with Crippen LogP contribution >= 0.6 is 0 Å². The molecule has 2 rings (SSSR count). The third-order valence-corrected chi connectivity index (χ3v) is 2.24. The van der Waals surface area contributed by atoms with E-state index in [4.69, 9.17) is 4.52 Å². The van der Waals surface area contributed by atoms with Crippen molar-refractivity contribution in [2.75, 3.05) is 20.1 Å². The minimum absolute atomic E-state index is 0.439. The molecule has 13 heavy (non-hydrogen) atoms. The Balaban J connectivity index is 2.03. The van der Waals surface area contributed by atoms with Gasteiger partial charge in [-0.2, -0.15) is 4.98 Å². The van der Waals surface area contributed by atoms with Gasteiger partial charge in [-0.3, -0.25) is 0 Å². The molecule has 1 atom stereocenters. The van der Waals surface area contributed by atoms with Crippen molar-refractivity contribution in [3.8, 4) is 0 Å². The highest BCUT2D eigenvalue weighted by Gasteiger charge is 2.21. The number of nitrogens with one attached hydrogen (secondary N) is 2. The maximum atomic E-state index is 5.07. The van der Waals surface area contributed by atoms with Crippen LogP contribution in [0.1, 0.15) is 24.1 Å². The summed E-state index contributed by atoms with van der Waals surface area (Å²) in [6, 6.07) is 0. The molecule has 1 aromatic heterocycles. The number of hydrogen-bond acceptors (Lipinski definition) is 5. The Kier molecular flexibility index (Phi) is 2.56. The molecule has 1 unspecified atom stereocenters. The van der Waals surface area contributed by atoms with Crippen molar-refractivity contribution in [3.05, 3.63) is 11.7 Å². The molecule has 1 saturated heterocycles. The summed E-state index contributed by atoms with van der Waals surface area (Å²) >= 11 is 0. The van der Waals surface area contributed by atoms with E-state index < -0.39 is 0 Å². The third kappa shape index (κ3) is 1.87. The number of rotatable bonds is 3. The van der Waals surface area contributed by atoms with Crippen molar-refractivity contribution in [2.24, 2.45) is 0 Å². The number of hydrogen-bond donors (Lipinski definition) is 2. The monoisotopic (exact) mass is 182 g/mol. The number of nitrogens with zero attached hydrogens (tertiary/aromatic N) is 2. The molecule has 5 nitrogen and oxygen atoms in total. The molecule has 72 valence electrons. The van der Waals surface area contributed by atoms with E-state index in [2.05, 4.69) is 20.8 Å². The van der Waals surface area contributed by atoms with Crippen LogP contribution in [-0.4, -0.2) is 30.3 Å². The predicted octanol–water partition coefficient (Wildman–Crippen LogP) is -0.134. The van der Waals surface area contributed by atoms with Gasteiger partial charge in [0.2, 0.25) is 5.89 Å². The average Bonchev–Trinajstić information content (AvgIpc) is 2.70. The molecular formula is C8H14N4O. The molecular weight excluding hydrogens is 168 g/mol. The molecule has 0 aliphatic carbocycles. The van der Waals surface area contributed by atoms with E-state index in [0.29, 0.717) is 18.4 Å². The van der Waals surface area contributed by atoms with Crippen LogP contribution < -0.4 is 10.6 Å². The Morgan fingerprint density at radius 3 is 3.31 bits per heavy atom. The fourth-order valence-corrected chi connectivity index (χ4v) is 1.53. The van der Waals surface area contributed by atoms with Crippen LogP contribution in [0.25, 0.3) is 0 Å². The van der Waals surface area contributed by atoms with Gasteiger partial charge in [-0.15, -0.1) is 0 Å². The largest absolute Gasteiger partial charge is 0.338 e. The third-order valence-electron chi connectivity index (χ3n) is 2.24. The summed E-state index contributed by atoms with van der Waals surface area (Å²) in [7, 11) is 1.86. The van der Waals surface area contributed by atoms with Crippen molar-refractivity contribution in [1.82, 2.24) is 20.8 Å². The van der Waals surface area contributed by atoms with Crippen LogP contribution in [0.15, 0.2) is 4.52 Å². The van der Waals surface area contributed by atoms with Gasteiger partial charge in [0.05, 0.1) is 6.54 Å². The Bertz CT molecular complexity index is 267. The maximum Gasteiger partial charge on any atom is 0.240 e. The minimum Gasteiger partial charge on any atom is -0.338 e. The van der Waals surface area contributed by atoms with Crippen LogP contribution in [0.3, 0.4) is 0 Å². The second-order valence-electron chi connectivity index (χ2n) is 3.27. The zero-order chi connectivity index (χ0) is 9.10. The molecule has 5 heteroatoms. The molecule has 1 aliphatic rings. The van der Waals surface area contributed by atoms with E-state index in [1.807, 2.05) is 7.05 Å². The molecule has 0 saturated carbocycles. The summed E-state index contributed by atoms with van der Waals surface area (Å²) in [6.45, 7) is 2.67. The van der Waals surface area contributed by atoms with Gasteiger partial charge in [0.1, 0.15) is 0 Å². The number of aromatic nitrogens is 2. The fraction of sp³-hybridized carbons (Fsp3) is 0.750. The van der Waals surface area contributed by atoms with Gasteiger partial charge in [-0.1, -0.05) is 5.16 Å². The Labute approximate surface area is 76.9 Å². The summed E-state index contributed by atoms with van der Waals surface area (Å²) in [5.41, 5.74) is 0. The molecule has 0 aromatic carbocycles. The molecule has 2 heterocycles. The second-order valence-corrected chi connectivity index (χ2v) is 3.27. The average molecular weight is 182 g/mol. The smallest absolute Gasteiger partial charge is 0.240 e. The SMILES string of the molecule is CNCc1nc(C2CCNC2)no1. The van der Waals surface area contributed by atoms with E-state index in [9.17, 15) is 0 Å². The zero-order valence-corrected chi connectivity index (χ0v) is 7.71. The second kappa shape index (κ2) is 3.85. The fourth-order valence-electron chi connectivity index (χ4n) is 1.53. The van der Waals surface area contributed by atoms with Crippen molar-refractivity contribution < 1.29 is 4.52 Å². The van der Waals surface area contributed by atoms with Gasteiger partial charge in [0, 0.05) is 12.5 Å². The highest BCUT2D eigenvalue weighted by Crippen LogP contribution is 2.18. The quantitative estimate of drug-likeness (QED) is 0.681. The van der Waals surface area contributed by atoms with Crippen molar-refractivity contribution in [2.45, 2.75) is 18.9 Å². The van der Waals surface area contributed by atoms with Gasteiger partial charge in [-0.05, 0) is 20.0 Å². The van der Waals surface area contributed by atoms with E-state index in [0.717, 1.165) is 25.3 Å². The summed E-state index contributed by atoms with van der Waals surface area (Å²) in [5.74, 6) is 1.95. The first-order valence-electron chi connectivity index (χ1n) is 4.58. The van der Waals surface area contributed by atoms with Crippen LogP contribution in [0, 0.1) is 0 Å². The molecule has 0 bridgehead atoms. The van der Waals surface area contributed by atoms with Gasteiger partial charge in [-0.25, -0.2) is 0 Å². The Morgan fingerprint density at radius 1 is 1.69 bits per heavy atom. The van der Waals surface area contributed by atoms with E-state index in [-0.39, 0.29) is 0 Å². The lowest BCUT2D eigenvalue weighted by atomic mass is 10.1. The highest BCUT2D eigenvalue weighted by atomic mass is 16.5. The topological polar surface area (TPSA) is 63.0 Å². The lowest BCUT2D eigenvalue weighted by Gasteiger charge is -1.98. The van der Waals surface area contributed by atoms with E-state index >= 15 is 0 Å². The molecule has 1 aromatic rings. The summed E-state index contributed by atoms with van der Waals surface area (Å²) in [5, 5.41) is 10.2. The van der Waals surface area contributed by atoms with Gasteiger partial charge in [0.25, 0.3) is 0 Å². The lowest BCUT2D eigenvalue weighted by molar-refractivity contribution is 0.364. The molecule has 1 aliphatic heterocycles. The van der Waals surface area contributed by atoms with E-state index in [1.54, 1.807) is 0 Å². The molecule has 2 N–H and O–H groups in total. The first kappa shape index (κ1) is 8.65. The van der Waals surface area contributed by atoms with Crippen LogP contribution in [0.4, 0.5) is 0 Å². The van der Waals surface area contributed by atoms with Crippen LogP contribution in [0.5, 0.6) is 0 Å². The highest BCUT2D eigenvalue weighted by molar-refractivity contribution is 4.99. The first-order valence-corrected chi connectivity index (χ1v) is 4.58. The van der Waals surface area contributed by atoms with Crippen LogP contribution in [-0.2, 0) is 6.54 Å². The molecule has 0 radical (unpaired) electrons. The Morgan fingerprint density at radius 2 is 2.62 bits per heavy atom. The normalized spacial score (nSPS) is 22.4. The molecule has 0 spiro atoms. The summed E-state index contributed by atoms with van der Waals surface area (Å²) < 4.78 is 5.07. The standard InChI is InChI=1S/C8H14N4O/c1-9-5-7-11-8(12-13-7)6-2-3-10-4-6/h6,9-10H,2-5H2,1H3. The first-order chi connectivity index (χ1) is 6.40. The predicted molar refractivity (Wildman–Crippen MR) is 47.3 cm³/mol. The van der Waals surface area contributed by atoms with Crippen molar-refractivity contribution >= 4 is 0 Å². The molecule has 1 fully saturated rings. The van der Waals surface area contributed by atoms with Crippen molar-refractivity contribution in [3.63, 3.8) is 0 Å². The molecule has 0 amide bonds. The maximum absolute atomic E-state index is 5.07. The van der Waals surface area contributed by atoms with E-state index in [1.165, 1.54) is 0 Å². The van der Waals surface area contributed by atoms with Crippen LogP contribution in [0.2, 0.25) is 0 Å². The van der Waals surface area contributed by atoms with Crippen molar-refractivity contribution in [1.29, 1.82) is 0 Å². The lowest BCUT2D eigenvalue weighted by Crippen LogP contribution is -2.09. The Hall–Kier alpha value is -0.940. The zero-order valence-electron chi connectivity index (χ0n) is 7.71. The van der Waals surface area contributed by atoms with Gasteiger partial charge in [0.15, 0.2) is 5.82 Å². The summed E-state index contributed by atoms with van der Waals surface area (Å²) in [6.07, 6.45) is 1.11. The minimum atomic E-state index is 0.439.